The summed E-state index contributed by atoms with van der Waals surface area (Å²) in [6.45, 7) is 0. The molecule has 4 nitrogen and oxygen atoms in total. The van der Waals surface area contributed by atoms with Gasteiger partial charge in [-0.05, 0) is 45.8 Å². The molecular weight excluding hydrogens is 426 g/mol. The average molecular weight is 441 g/mol. The zero-order chi connectivity index (χ0) is 18.6. The van der Waals surface area contributed by atoms with E-state index in [2.05, 4.69) is 31.4 Å². The third-order valence-corrected chi connectivity index (χ3v) is 5.12. The van der Waals surface area contributed by atoms with Gasteiger partial charge in [-0.1, -0.05) is 66.2 Å². The molecule has 1 heterocycles. The minimum Gasteiger partial charge on any atom is -0.418 e. The van der Waals surface area contributed by atoms with Crippen LogP contribution in [0.15, 0.2) is 87.8 Å². The molecule has 4 rings (SSSR count). The zero-order valence-electron chi connectivity index (χ0n) is 14.1. The average Bonchev–Trinajstić information content (AvgIpc) is 3.18. The fourth-order valence-electron chi connectivity index (χ4n) is 2.76. The fourth-order valence-corrected chi connectivity index (χ4v) is 3.38. The summed E-state index contributed by atoms with van der Waals surface area (Å²) in [7, 11) is 0. The maximum absolute atomic E-state index is 6.27. The number of hydrogen-bond donors (Lipinski definition) is 1. The van der Waals surface area contributed by atoms with Crippen LogP contribution in [0.4, 0.5) is 5.69 Å². The van der Waals surface area contributed by atoms with Crippen LogP contribution in [0.5, 0.6) is 0 Å². The van der Waals surface area contributed by atoms with Crippen molar-refractivity contribution in [1.82, 2.24) is 10.2 Å². The molecular formula is C21H15BrClN3O. The van der Waals surface area contributed by atoms with Crippen molar-refractivity contribution in [1.29, 1.82) is 0 Å². The van der Waals surface area contributed by atoms with Gasteiger partial charge >= 0.3 is 0 Å². The lowest BCUT2D eigenvalue weighted by Crippen LogP contribution is -2.13. The number of nitrogens with zero attached hydrogens (tertiary/aromatic N) is 2. The van der Waals surface area contributed by atoms with E-state index in [0.29, 0.717) is 22.4 Å². The quantitative estimate of drug-likeness (QED) is 0.392. The lowest BCUT2D eigenvalue weighted by atomic mass is 10.1. The second-order valence-electron chi connectivity index (χ2n) is 5.89. The molecule has 0 spiro atoms. The second-order valence-corrected chi connectivity index (χ2v) is 7.15. The van der Waals surface area contributed by atoms with Crippen LogP contribution in [0.2, 0.25) is 5.02 Å². The molecule has 27 heavy (non-hydrogen) atoms. The highest BCUT2D eigenvalue weighted by molar-refractivity contribution is 9.10. The molecule has 6 heteroatoms. The highest BCUT2D eigenvalue weighted by atomic mass is 79.9. The van der Waals surface area contributed by atoms with Crippen molar-refractivity contribution >= 4 is 33.2 Å². The van der Waals surface area contributed by atoms with E-state index in [1.54, 1.807) is 6.07 Å². The number of hydrogen-bond acceptors (Lipinski definition) is 4. The maximum atomic E-state index is 6.27. The van der Waals surface area contributed by atoms with Crippen molar-refractivity contribution in [3.8, 4) is 11.5 Å². The standard InChI is InChI=1S/C21H15BrClN3O/c22-16-11-5-7-13-18(16)24-19(14-8-2-1-3-9-14)21-26-25-20(27-21)15-10-4-6-12-17(15)23/h1-13,19,24H. The van der Waals surface area contributed by atoms with E-state index in [4.69, 9.17) is 16.0 Å². The Balaban J connectivity index is 1.74. The first-order valence-corrected chi connectivity index (χ1v) is 9.54. The van der Waals surface area contributed by atoms with Crippen LogP contribution in [0, 0.1) is 0 Å². The number of halogens is 2. The van der Waals surface area contributed by atoms with Crippen LogP contribution < -0.4 is 5.32 Å². The minimum atomic E-state index is -0.298. The Morgan fingerprint density at radius 3 is 2.33 bits per heavy atom. The fraction of sp³-hybridized carbons (Fsp3) is 0.0476. The van der Waals surface area contributed by atoms with Gasteiger partial charge in [0.25, 0.3) is 0 Å². The summed E-state index contributed by atoms with van der Waals surface area (Å²) < 4.78 is 6.95. The van der Waals surface area contributed by atoms with Crippen molar-refractivity contribution in [2.75, 3.05) is 5.32 Å². The predicted octanol–water partition coefficient (Wildman–Crippen LogP) is 6.35. The summed E-state index contributed by atoms with van der Waals surface area (Å²) in [6, 6.07) is 25.0. The Bertz CT molecular complexity index is 1050. The number of benzene rings is 3. The lowest BCUT2D eigenvalue weighted by molar-refractivity contribution is 0.494. The predicted molar refractivity (Wildman–Crippen MR) is 111 cm³/mol. The van der Waals surface area contributed by atoms with Crippen LogP contribution in [0.25, 0.3) is 11.5 Å². The van der Waals surface area contributed by atoms with Crippen LogP contribution in [0.3, 0.4) is 0 Å². The molecule has 3 aromatic carbocycles. The molecule has 0 saturated heterocycles. The smallest absolute Gasteiger partial charge is 0.249 e. The molecule has 1 N–H and O–H groups in total. The van der Waals surface area contributed by atoms with Gasteiger partial charge in [-0.25, -0.2) is 0 Å². The van der Waals surface area contributed by atoms with E-state index >= 15 is 0 Å². The van der Waals surface area contributed by atoms with E-state index in [0.717, 1.165) is 15.7 Å². The Morgan fingerprint density at radius 2 is 1.56 bits per heavy atom. The number of rotatable bonds is 5. The molecule has 0 radical (unpaired) electrons. The highest BCUT2D eigenvalue weighted by Crippen LogP contribution is 2.32. The Morgan fingerprint density at radius 1 is 0.852 bits per heavy atom. The molecule has 0 bridgehead atoms. The van der Waals surface area contributed by atoms with Crippen LogP contribution in [-0.2, 0) is 0 Å². The van der Waals surface area contributed by atoms with Crippen LogP contribution in [-0.4, -0.2) is 10.2 Å². The molecule has 1 unspecified atom stereocenters. The molecule has 0 aliphatic rings. The van der Waals surface area contributed by atoms with Gasteiger partial charge in [-0.3, -0.25) is 0 Å². The topological polar surface area (TPSA) is 51.0 Å². The van der Waals surface area contributed by atoms with Gasteiger partial charge < -0.3 is 9.73 Å². The van der Waals surface area contributed by atoms with Crippen LogP contribution >= 0.6 is 27.5 Å². The normalized spacial score (nSPS) is 11.9. The highest BCUT2D eigenvalue weighted by Gasteiger charge is 2.22. The van der Waals surface area contributed by atoms with Crippen LogP contribution in [0.1, 0.15) is 17.5 Å². The van der Waals surface area contributed by atoms with Gasteiger partial charge in [0.15, 0.2) is 0 Å². The van der Waals surface area contributed by atoms with E-state index < -0.39 is 0 Å². The van der Waals surface area contributed by atoms with Crippen molar-refractivity contribution in [3.05, 3.63) is 99.8 Å². The van der Waals surface area contributed by atoms with Gasteiger partial charge in [-0.2, -0.15) is 0 Å². The van der Waals surface area contributed by atoms with Gasteiger partial charge in [0.05, 0.1) is 10.6 Å². The monoisotopic (exact) mass is 439 g/mol. The summed E-state index contributed by atoms with van der Waals surface area (Å²) in [4.78, 5) is 0. The number of anilines is 1. The molecule has 0 fully saturated rings. The molecule has 4 aromatic rings. The van der Waals surface area contributed by atoms with Gasteiger partial charge in [0.1, 0.15) is 6.04 Å². The molecule has 0 aliphatic carbocycles. The largest absolute Gasteiger partial charge is 0.418 e. The van der Waals surface area contributed by atoms with E-state index in [9.17, 15) is 0 Å². The third kappa shape index (κ3) is 3.89. The van der Waals surface area contributed by atoms with Gasteiger partial charge in [0.2, 0.25) is 11.8 Å². The Labute approximate surface area is 170 Å². The number of nitrogens with one attached hydrogen (secondary N) is 1. The Kier molecular flexibility index (Phi) is 5.23. The van der Waals surface area contributed by atoms with Crippen molar-refractivity contribution < 1.29 is 4.42 Å². The summed E-state index contributed by atoms with van der Waals surface area (Å²) in [5.41, 5.74) is 2.66. The molecule has 0 aliphatic heterocycles. The molecule has 134 valence electrons. The zero-order valence-corrected chi connectivity index (χ0v) is 16.5. The third-order valence-electron chi connectivity index (χ3n) is 4.10. The number of aromatic nitrogens is 2. The molecule has 0 amide bonds. The number of para-hydroxylation sites is 1. The van der Waals surface area contributed by atoms with E-state index in [-0.39, 0.29) is 6.04 Å². The Hall–Kier alpha value is -2.63. The summed E-state index contributed by atoms with van der Waals surface area (Å²) in [5.74, 6) is 0.859. The van der Waals surface area contributed by atoms with Gasteiger partial charge in [-0.15, -0.1) is 10.2 Å². The first-order valence-electron chi connectivity index (χ1n) is 8.36. The van der Waals surface area contributed by atoms with E-state index in [1.165, 1.54) is 0 Å². The van der Waals surface area contributed by atoms with Crippen molar-refractivity contribution in [2.45, 2.75) is 6.04 Å². The summed E-state index contributed by atoms with van der Waals surface area (Å²) >= 11 is 9.84. The van der Waals surface area contributed by atoms with Crippen molar-refractivity contribution in [3.63, 3.8) is 0 Å². The summed E-state index contributed by atoms with van der Waals surface area (Å²) in [6.07, 6.45) is 0. The lowest BCUT2D eigenvalue weighted by Gasteiger charge is -2.18. The first kappa shape index (κ1) is 17.8. The second kappa shape index (κ2) is 7.94. The first-order chi connectivity index (χ1) is 13.2. The SMILES string of the molecule is Clc1ccccc1-c1nnc(C(Nc2ccccc2Br)c2ccccc2)o1. The molecule has 1 atom stereocenters. The van der Waals surface area contributed by atoms with Gasteiger partial charge in [0, 0.05) is 10.2 Å². The van der Waals surface area contributed by atoms with E-state index in [1.807, 2.05) is 72.8 Å². The summed E-state index contributed by atoms with van der Waals surface area (Å²) in [5, 5.41) is 12.5. The minimum absolute atomic E-state index is 0.298. The maximum Gasteiger partial charge on any atom is 0.249 e. The van der Waals surface area contributed by atoms with Crippen molar-refractivity contribution in [2.24, 2.45) is 0 Å². The molecule has 1 aromatic heterocycles. The molecule has 0 saturated carbocycles.